The molecule has 0 bridgehead atoms. The van der Waals surface area contributed by atoms with Crippen molar-refractivity contribution in [1.29, 1.82) is 0 Å². The molecule has 2 aliphatic rings. The summed E-state index contributed by atoms with van der Waals surface area (Å²) in [7, 11) is 0. The number of rotatable bonds is 0. The minimum atomic E-state index is -0.549. The second-order valence-corrected chi connectivity index (χ2v) is 4.13. The van der Waals surface area contributed by atoms with Crippen LogP contribution in [0.2, 0.25) is 0 Å². The van der Waals surface area contributed by atoms with Crippen LogP contribution in [0.25, 0.3) is 0 Å². The smallest absolute Gasteiger partial charge is 0.164 e. The van der Waals surface area contributed by atoms with Crippen LogP contribution in [-0.2, 0) is 9.47 Å². The van der Waals surface area contributed by atoms with Gasteiger partial charge >= 0.3 is 0 Å². The molecule has 0 aromatic rings. The van der Waals surface area contributed by atoms with Gasteiger partial charge in [0.2, 0.25) is 0 Å². The van der Waals surface area contributed by atoms with Crippen molar-refractivity contribution in [3.05, 3.63) is 0 Å². The maximum Gasteiger partial charge on any atom is 0.164 e. The Kier molecular flexibility index (Phi) is 1.70. The van der Waals surface area contributed by atoms with Crippen molar-refractivity contribution < 1.29 is 20.3 Å². The zero-order valence-corrected chi connectivity index (χ0v) is 7.49. The third kappa shape index (κ3) is 1.15. The van der Waals surface area contributed by atoms with Crippen LogP contribution < -0.4 is 5.73 Å². The summed E-state index contributed by atoms with van der Waals surface area (Å²) >= 11 is 0. The van der Waals surface area contributed by atoms with Crippen molar-refractivity contribution in [2.45, 2.75) is 50.4 Å². The third-order valence-electron chi connectivity index (χ3n) is 2.55. The minimum absolute atomic E-state index is 0.0185. The van der Waals surface area contributed by atoms with E-state index in [0.29, 0.717) is 6.42 Å². The summed E-state index contributed by atoms with van der Waals surface area (Å²) < 4.78 is 11.2. The Bertz CT molecular complexity index is 177. The fraction of sp³-hybridized carbons (Fsp3) is 1.00. The van der Waals surface area contributed by atoms with Crippen LogP contribution in [-0.4, -0.2) is 35.2 Å². The van der Waals surface area contributed by atoms with Gasteiger partial charge in [-0.1, -0.05) is 0 Å². The average Bonchev–Trinajstić information content (AvgIpc) is 2.34. The molecule has 4 heteroatoms. The van der Waals surface area contributed by atoms with Gasteiger partial charge in [0.1, 0.15) is 18.2 Å². The Labute approximate surface area is 71.6 Å². The fourth-order valence-corrected chi connectivity index (χ4v) is 2.06. The van der Waals surface area contributed by atoms with Gasteiger partial charge in [0.15, 0.2) is 5.79 Å². The van der Waals surface area contributed by atoms with Gasteiger partial charge in [-0.15, -0.1) is 0 Å². The number of aliphatic hydroxyl groups is 1. The van der Waals surface area contributed by atoms with Crippen LogP contribution >= 0.6 is 0 Å². The molecule has 1 aliphatic heterocycles. The average molecular weight is 174 g/mol. The van der Waals surface area contributed by atoms with E-state index in [1.54, 1.807) is 0 Å². The van der Waals surface area contributed by atoms with Gasteiger partial charge in [0.05, 0.1) is 6.10 Å². The molecule has 0 aromatic carbocycles. The summed E-state index contributed by atoms with van der Waals surface area (Å²) in [5, 5.41) is 9.56. The van der Waals surface area contributed by atoms with Crippen LogP contribution in [0.4, 0.5) is 0 Å². The maximum absolute atomic E-state index is 9.56. The highest BCUT2D eigenvalue weighted by Gasteiger charge is 2.54. The number of aliphatic hydroxyl groups excluding tert-OH is 1. The second-order valence-electron chi connectivity index (χ2n) is 4.13. The normalized spacial score (nSPS) is 51.0. The van der Waals surface area contributed by atoms with Crippen LogP contribution in [0.5, 0.6) is 0 Å². The molecule has 4 nitrogen and oxygen atoms in total. The van der Waals surface area contributed by atoms with Gasteiger partial charge in [-0.25, -0.2) is 0 Å². The molecule has 4 unspecified atom stereocenters. The van der Waals surface area contributed by atoms with E-state index in [1.165, 1.54) is 0 Å². The Morgan fingerprint density at radius 2 is 1.92 bits per heavy atom. The van der Waals surface area contributed by atoms with E-state index in [2.05, 4.69) is 5.73 Å². The molecule has 4 N–H and O–H groups in total. The summed E-state index contributed by atoms with van der Waals surface area (Å²) in [5.74, 6) is -0.549. The van der Waals surface area contributed by atoms with E-state index in [0.717, 1.165) is 0 Å². The molecular formula is C8H16NO3+. The highest BCUT2D eigenvalue weighted by Crippen LogP contribution is 2.36. The fourth-order valence-electron chi connectivity index (χ4n) is 2.06. The number of fused-ring (bicyclic) bond motifs is 1. The lowest BCUT2D eigenvalue weighted by molar-refractivity contribution is -0.436. The molecule has 0 amide bonds. The van der Waals surface area contributed by atoms with E-state index in [9.17, 15) is 5.11 Å². The van der Waals surface area contributed by atoms with Crippen LogP contribution in [0.3, 0.4) is 0 Å². The van der Waals surface area contributed by atoms with E-state index in [4.69, 9.17) is 9.47 Å². The molecule has 0 radical (unpaired) electrons. The standard InChI is InChI=1S/C8H15NO3/c1-8(2)11-6-4(9)3-5(10)7(6)12-8/h4-7,10H,3,9H2,1-2H3/p+1. The lowest BCUT2D eigenvalue weighted by atomic mass is 10.2. The van der Waals surface area contributed by atoms with Crippen LogP contribution in [0, 0.1) is 0 Å². The number of hydrogen-bond donors (Lipinski definition) is 2. The predicted molar refractivity (Wildman–Crippen MR) is 41.1 cm³/mol. The summed E-state index contributed by atoms with van der Waals surface area (Å²) in [6.45, 7) is 3.73. The second kappa shape index (κ2) is 2.42. The predicted octanol–water partition coefficient (Wildman–Crippen LogP) is -1.12. The Morgan fingerprint density at radius 3 is 2.50 bits per heavy atom. The zero-order chi connectivity index (χ0) is 8.93. The molecule has 1 aliphatic carbocycles. The Balaban J connectivity index is 2.15. The van der Waals surface area contributed by atoms with E-state index >= 15 is 0 Å². The summed E-state index contributed by atoms with van der Waals surface area (Å²) in [6, 6.07) is 0.159. The number of ether oxygens (including phenoxy) is 2. The molecule has 1 saturated heterocycles. The van der Waals surface area contributed by atoms with E-state index < -0.39 is 11.9 Å². The first-order valence-electron chi connectivity index (χ1n) is 4.36. The molecule has 1 heterocycles. The lowest BCUT2D eigenvalue weighted by Crippen LogP contribution is -2.65. The highest BCUT2D eigenvalue weighted by molar-refractivity contribution is 4.97. The molecule has 0 spiro atoms. The molecule has 4 atom stereocenters. The van der Waals surface area contributed by atoms with E-state index in [-0.39, 0.29) is 18.2 Å². The molecular weight excluding hydrogens is 158 g/mol. The number of hydrogen-bond acceptors (Lipinski definition) is 3. The van der Waals surface area contributed by atoms with Crippen molar-refractivity contribution in [1.82, 2.24) is 0 Å². The highest BCUT2D eigenvalue weighted by atomic mass is 16.8. The molecule has 2 fully saturated rings. The maximum atomic E-state index is 9.56. The molecule has 2 rings (SSSR count). The van der Waals surface area contributed by atoms with Gasteiger partial charge in [-0.05, 0) is 13.8 Å². The van der Waals surface area contributed by atoms with Crippen LogP contribution in [0.1, 0.15) is 20.3 Å². The first-order valence-corrected chi connectivity index (χ1v) is 4.36. The molecule has 12 heavy (non-hydrogen) atoms. The van der Waals surface area contributed by atoms with Crippen molar-refractivity contribution in [3.8, 4) is 0 Å². The van der Waals surface area contributed by atoms with Crippen molar-refractivity contribution in [2.24, 2.45) is 0 Å². The molecule has 70 valence electrons. The summed E-state index contributed by atoms with van der Waals surface area (Å²) in [6.07, 6.45) is 0.0996. The zero-order valence-electron chi connectivity index (χ0n) is 7.49. The Morgan fingerprint density at radius 1 is 1.33 bits per heavy atom. The van der Waals surface area contributed by atoms with Crippen molar-refractivity contribution in [3.63, 3.8) is 0 Å². The quantitative estimate of drug-likeness (QED) is 0.489. The largest absolute Gasteiger partial charge is 0.390 e. The number of quaternary nitrogens is 1. The summed E-state index contributed by atoms with van der Waals surface area (Å²) in [4.78, 5) is 0. The first kappa shape index (κ1) is 8.44. The topological polar surface area (TPSA) is 66.3 Å². The van der Waals surface area contributed by atoms with Gasteiger partial charge in [-0.3, -0.25) is 0 Å². The molecule has 0 aromatic heterocycles. The van der Waals surface area contributed by atoms with Gasteiger partial charge in [0.25, 0.3) is 0 Å². The Hall–Kier alpha value is -0.160. The third-order valence-corrected chi connectivity index (χ3v) is 2.55. The van der Waals surface area contributed by atoms with E-state index in [1.807, 2.05) is 13.8 Å². The monoisotopic (exact) mass is 174 g/mol. The van der Waals surface area contributed by atoms with Crippen molar-refractivity contribution in [2.75, 3.05) is 0 Å². The van der Waals surface area contributed by atoms with Crippen LogP contribution in [0.15, 0.2) is 0 Å². The SMILES string of the molecule is CC1(C)OC2C([NH3+])CC(O)C2O1. The lowest BCUT2D eigenvalue weighted by Gasteiger charge is -2.19. The first-order chi connectivity index (χ1) is 5.49. The molecule has 1 saturated carbocycles. The summed E-state index contributed by atoms with van der Waals surface area (Å²) in [5.41, 5.74) is 3.93. The van der Waals surface area contributed by atoms with Gasteiger partial charge in [0, 0.05) is 6.42 Å². The van der Waals surface area contributed by atoms with Gasteiger partial charge in [-0.2, -0.15) is 0 Å². The van der Waals surface area contributed by atoms with Gasteiger partial charge < -0.3 is 20.3 Å². The minimum Gasteiger partial charge on any atom is -0.390 e. The van der Waals surface area contributed by atoms with Crippen molar-refractivity contribution >= 4 is 0 Å².